The monoisotopic (exact) mass is 300 g/mol. The Morgan fingerprint density at radius 3 is 2.71 bits per heavy atom. The number of aliphatic hydroxyl groups is 2. The molecule has 1 aromatic carbocycles. The predicted octanol–water partition coefficient (Wildman–Crippen LogP) is 2.62. The van der Waals surface area contributed by atoms with E-state index in [2.05, 4.69) is 15.9 Å². The highest BCUT2D eigenvalue weighted by molar-refractivity contribution is 9.10. The van der Waals surface area contributed by atoms with E-state index < -0.39 is 0 Å². The summed E-state index contributed by atoms with van der Waals surface area (Å²) in [6, 6.07) is 5.50. The van der Waals surface area contributed by atoms with E-state index in [1.165, 1.54) is 0 Å². The van der Waals surface area contributed by atoms with Gasteiger partial charge < -0.3 is 14.9 Å². The molecule has 0 amide bonds. The zero-order chi connectivity index (χ0) is 12.3. The summed E-state index contributed by atoms with van der Waals surface area (Å²) < 4.78 is 6.64. The molecule has 0 bridgehead atoms. The first-order valence-electron chi connectivity index (χ1n) is 5.94. The van der Waals surface area contributed by atoms with Gasteiger partial charge in [0, 0.05) is 0 Å². The van der Waals surface area contributed by atoms with E-state index in [1.807, 2.05) is 18.2 Å². The number of hydrogen-bond acceptors (Lipinski definition) is 3. The molecule has 3 nitrogen and oxygen atoms in total. The SMILES string of the molecule is OCc1ccc(OC2CCCCC2O)c(Br)c1. The van der Waals surface area contributed by atoms with Crippen molar-refractivity contribution in [3.8, 4) is 5.75 Å². The van der Waals surface area contributed by atoms with E-state index >= 15 is 0 Å². The summed E-state index contributed by atoms with van der Waals surface area (Å²) in [5.41, 5.74) is 0.841. The second-order valence-electron chi connectivity index (χ2n) is 4.43. The Morgan fingerprint density at radius 1 is 1.29 bits per heavy atom. The van der Waals surface area contributed by atoms with Crippen molar-refractivity contribution in [1.29, 1.82) is 0 Å². The molecule has 2 unspecified atom stereocenters. The molecule has 4 heteroatoms. The highest BCUT2D eigenvalue weighted by atomic mass is 79.9. The number of halogens is 1. The van der Waals surface area contributed by atoms with Gasteiger partial charge in [-0.05, 0) is 52.9 Å². The normalized spacial score (nSPS) is 24.6. The fraction of sp³-hybridized carbons (Fsp3) is 0.538. The van der Waals surface area contributed by atoms with Crippen LogP contribution in [-0.4, -0.2) is 22.4 Å². The Balaban J connectivity index is 2.07. The zero-order valence-electron chi connectivity index (χ0n) is 9.60. The minimum atomic E-state index is -0.367. The zero-order valence-corrected chi connectivity index (χ0v) is 11.2. The van der Waals surface area contributed by atoms with Crippen molar-refractivity contribution < 1.29 is 14.9 Å². The average Bonchev–Trinajstić information content (AvgIpc) is 2.34. The van der Waals surface area contributed by atoms with Crippen LogP contribution < -0.4 is 4.74 Å². The van der Waals surface area contributed by atoms with Crippen molar-refractivity contribution in [1.82, 2.24) is 0 Å². The summed E-state index contributed by atoms with van der Waals surface area (Å²) in [6.45, 7) is 0.0188. The minimum absolute atomic E-state index is 0.0188. The minimum Gasteiger partial charge on any atom is -0.487 e. The fourth-order valence-electron chi connectivity index (χ4n) is 2.12. The van der Waals surface area contributed by atoms with Gasteiger partial charge in [-0.2, -0.15) is 0 Å². The quantitative estimate of drug-likeness (QED) is 0.902. The van der Waals surface area contributed by atoms with Crippen LogP contribution in [0.1, 0.15) is 31.2 Å². The lowest BCUT2D eigenvalue weighted by Gasteiger charge is -2.28. The number of aliphatic hydroxyl groups excluding tert-OH is 2. The topological polar surface area (TPSA) is 49.7 Å². The van der Waals surface area contributed by atoms with Crippen molar-refractivity contribution >= 4 is 15.9 Å². The van der Waals surface area contributed by atoms with Crippen molar-refractivity contribution in [2.75, 3.05) is 0 Å². The van der Waals surface area contributed by atoms with E-state index in [0.29, 0.717) is 0 Å². The summed E-state index contributed by atoms with van der Waals surface area (Å²) in [7, 11) is 0. The molecule has 0 heterocycles. The van der Waals surface area contributed by atoms with Gasteiger partial charge in [-0.15, -0.1) is 0 Å². The van der Waals surface area contributed by atoms with Crippen LogP contribution in [0.5, 0.6) is 5.75 Å². The third-order valence-electron chi connectivity index (χ3n) is 3.12. The van der Waals surface area contributed by atoms with Crippen LogP contribution in [0.4, 0.5) is 0 Å². The molecule has 1 aromatic rings. The first-order chi connectivity index (χ1) is 8.20. The molecule has 2 rings (SSSR count). The van der Waals surface area contributed by atoms with Gasteiger partial charge >= 0.3 is 0 Å². The second kappa shape index (κ2) is 5.85. The molecular weight excluding hydrogens is 284 g/mol. The van der Waals surface area contributed by atoms with Gasteiger partial charge in [0.25, 0.3) is 0 Å². The maximum atomic E-state index is 9.84. The van der Waals surface area contributed by atoms with Crippen LogP contribution in [0.2, 0.25) is 0 Å². The third kappa shape index (κ3) is 3.21. The summed E-state index contributed by atoms with van der Waals surface area (Å²) in [6.07, 6.45) is 3.42. The lowest BCUT2D eigenvalue weighted by molar-refractivity contribution is 0.00647. The van der Waals surface area contributed by atoms with Crippen LogP contribution in [-0.2, 0) is 6.61 Å². The van der Waals surface area contributed by atoms with Crippen molar-refractivity contribution in [2.24, 2.45) is 0 Å². The largest absolute Gasteiger partial charge is 0.487 e. The van der Waals surface area contributed by atoms with Gasteiger partial charge in [-0.3, -0.25) is 0 Å². The molecule has 17 heavy (non-hydrogen) atoms. The Bertz CT molecular complexity index is 381. The molecular formula is C13H17BrO3. The molecule has 1 saturated carbocycles. The summed E-state index contributed by atoms with van der Waals surface area (Å²) in [5, 5.41) is 18.9. The van der Waals surface area contributed by atoms with E-state index in [1.54, 1.807) is 0 Å². The smallest absolute Gasteiger partial charge is 0.134 e. The Kier molecular flexibility index (Phi) is 4.42. The molecule has 0 saturated heterocycles. The van der Waals surface area contributed by atoms with Gasteiger partial charge in [0.15, 0.2) is 0 Å². The summed E-state index contributed by atoms with van der Waals surface area (Å²) in [4.78, 5) is 0. The van der Waals surface area contributed by atoms with Gasteiger partial charge in [0.05, 0.1) is 17.2 Å². The molecule has 2 atom stereocenters. The van der Waals surface area contributed by atoms with Crippen LogP contribution >= 0.6 is 15.9 Å². The standard InChI is InChI=1S/C13H17BrO3/c14-10-7-9(8-15)5-6-12(10)17-13-4-2-1-3-11(13)16/h5-7,11,13,15-16H,1-4,8H2. The van der Waals surface area contributed by atoms with E-state index in [-0.39, 0.29) is 18.8 Å². The molecule has 1 fully saturated rings. The van der Waals surface area contributed by atoms with Gasteiger partial charge in [-0.1, -0.05) is 12.5 Å². The van der Waals surface area contributed by atoms with Crippen molar-refractivity contribution in [3.63, 3.8) is 0 Å². The van der Waals surface area contributed by atoms with Crippen LogP contribution in [0.3, 0.4) is 0 Å². The molecule has 94 valence electrons. The van der Waals surface area contributed by atoms with Crippen LogP contribution in [0, 0.1) is 0 Å². The lowest BCUT2D eigenvalue weighted by Crippen LogP contribution is -2.34. The molecule has 0 radical (unpaired) electrons. The number of benzene rings is 1. The van der Waals surface area contributed by atoms with Crippen molar-refractivity contribution in [3.05, 3.63) is 28.2 Å². The van der Waals surface area contributed by atoms with E-state index in [4.69, 9.17) is 9.84 Å². The fourth-order valence-corrected chi connectivity index (χ4v) is 2.64. The average molecular weight is 301 g/mol. The first-order valence-corrected chi connectivity index (χ1v) is 6.74. The van der Waals surface area contributed by atoms with E-state index in [9.17, 15) is 5.11 Å². The summed E-state index contributed by atoms with van der Waals surface area (Å²) >= 11 is 3.42. The van der Waals surface area contributed by atoms with Crippen molar-refractivity contribution in [2.45, 2.75) is 44.5 Å². The number of hydrogen-bond donors (Lipinski definition) is 2. The molecule has 2 N–H and O–H groups in total. The highest BCUT2D eigenvalue weighted by Crippen LogP contribution is 2.30. The van der Waals surface area contributed by atoms with E-state index in [0.717, 1.165) is 41.5 Å². The Morgan fingerprint density at radius 2 is 2.06 bits per heavy atom. The maximum Gasteiger partial charge on any atom is 0.134 e. The van der Waals surface area contributed by atoms with Gasteiger partial charge in [0.2, 0.25) is 0 Å². The second-order valence-corrected chi connectivity index (χ2v) is 5.29. The van der Waals surface area contributed by atoms with Gasteiger partial charge in [0.1, 0.15) is 11.9 Å². The number of rotatable bonds is 3. The number of ether oxygens (including phenoxy) is 1. The molecule has 0 aliphatic heterocycles. The third-order valence-corrected chi connectivity index (χ3v) is 3.74. The van der Waals surface area contributed by atoms with Gasteiger partial charge in [-0.25, -0.2) is 0 Å². The summed E-state index contributed by atoms with van der Waals surface area (Å²) in [5.74, 6) is 0.730. The highest BCUT2D eigenvalue weighted by Gasteiger charge is 2.25. The Hall–Kier alpha value is -0.580. The van der Waals surface area contributed by atoms with Crippen LogP contribution in [0.15, 0.2) is 22.7 Å². The lowest BCUT2D eigenvalue weighted by atomic mass is 9.95. The first kappa shape index (κ1) is 12.9. The maximum absolute atomic E-state index is 9.84. The molecule has 1 aliphatic carbocycles. The molecule has 0 spiro atoms. The van der Waals surface area contributed by atoms with Crippen LogP contribution in [0.25, 0.3) is 0 Å². The Labute approximate surface area is 110 Å². The predicted molar refractivity (Wildman–Crippen MR) is 69.0 cm³/mol. The molecule has 1 aliphatic rings. The molecule has 0 aromatic heterocycles.